The molecule has 0 amide bonds. The fourth-order valence-electron chi connectivity index (χ4n) is 1.03. The van der Waals surface area contributed by atoms with Crippen molar-refractivity contribution in [3.63, 3.8) is 0 Å². The van der Waals surface area contributed by atoms with Crippen LogP contribution in [0.5, 0.6) is 0 Å². The zero-order chi connectivity index (χ0) is 9.72. The summed E-state index contributed by atoms with van der Waals surface area (Å²) < 4.78 is 0. The van der Waals surface area contributed by atoms with Crippen LogP contribution < -0.4 is 0 Å². The zero-order valence-electron chi connectivity index (χ0n) is 9.27. The molecule has 72 valence electrons. The molecule has 0 aliphatic heterocycles. The largest absolute Gasteiger partial charge is 0.128 e. The molecule has 0 aliphatic rings. The molecule has 0 heterocycles. The molecule has 0 atom stereocenters. The fraction of sp³-hybridized carbons (Fsp3) is 0.818. The molecule has 0 saturated carbocycles. The third-order valence-corrected chi connectivity index (χ3v) is 2.86. The van der Waals surface area contributed by atoms with Crippen LogP contribution in [-0.2, 0) is 0 Å². The minimum atomic E-state index is 0.716. The van der Waals surface area contributed by atoms with Gasteiger partial charge in [0.2, 0.25) is 0 Å². The summed E-state index contributed by atoms with van der Waals surface area (Å²) in [6, 6.07) is 0. The van der Waals surface area contributed by atoms with E-state index < -0.39 is 0 Å². The minimum absolute atomic E-state index is 0.716. The van der Waals surface area contributed by atoms with E-state index in [4.69, 9.17) is 0 Å². The lowest BCUT2D eigenvalue weighted by atomic mass is 10.1. The highest BCUT2D eigenvalue weighted by Gasteiger charge is 2.05. The summed E-state index contributed by atoms with van der Waals surface area (Å²) in [5.41, 5.74) is 1.49. The van der Waals surface area contributed by atoms with Crippen molar-refractivity contribution in [2.75, 3.05) is 0 Å². The van der Waals surface area contributed by atoms with Crippen LogP contribution in [0.15, 0.2) is 10.5 Å². The predicted octanol–water partition coefficient (Wildman–Crippen LogP) is 4.47. The van der Waals surface area contributed by atoms with E-state index >= 15 is 0 Å². The minimum Gasteiger partial charge on any atom is -0.128 e. The molecular formula is C11H22S. The molecule has 0 aromatic rings. The molecule has 0 N–H and O–H groups in total. The molecule has 0 aromatic carbocycles. The Bertz CT molecular complexity index is 138. The van der Waals surface area contributed by atoms with Crippen molar-refractivity contribution in [3.8, 4) is 0 Å². The van der Waals surface area contributed by atoms with Gasteiger partial charge in [-0.3, -0.25) is 0 Å². The molecular weight excluding hydrogens is 164 g/mol. The normalized spacial score (nSPS) is 11.0. The van der Waals surface area contributed by atoms with Gasteiger partial charge in [-0.15, -0.1) is 11.8 Å². The van der Waals surface area contributed by atoms with Crippen molar-refractivity contribution in [1.82, 2.24) is 0 Å². The summed E-state index contributed by atoms with van der Waals surface area (Å²) in [4.78, 5) is 1.58. The molecule has 1 heteroatoms. The number of hydrogen-bond donors (Lipinski definition) is 0. The summed E-state index contributed by atoms with van der Waals surface area (Å²) in [6.07, 6.45) is 1.24. The molecule has 0 saturated heterocycles. The first-order chi connectivity index (χ1) is 5.43. The Morgan fingerprint density at radius 1 is 1.08 bits per heavy atom. The van der Waals surface area contributed by atoms with Crippen LogP contribution in [0.3, 0.4) is 0 Å². The standard InChI is InChI=1S/C11H22S/c1-8(2)7-11(9(3)4)12-10(5)6/h8,10H,7H2,1-6H3. The second-order valence-electron chi connectivity index (χ2n) is 4.19. The van der Waals surface area contributed by atoms with Crippen molar-refractivity contribution < 1.29 is 0 Å². The maximum atomic E-state index is 2.28. The lowest BCUT2D eigenvalue weighted by molar-refractivity contribution is 0.655. The highest BCUT2D eigenvalue weighted by Crippen LogP contribution is 2.29. The Labute approximate surface area is 81.8 Å². The van der Waals surface area contributed by atoms with Crippen LogP contribution >= 0.6 is 11.8 Å². The van der Waals surface area contributed by atoms with Gasteiger partial charge < -0.3 is 0 Å². The molecule has 0 radical (unpaired) electrons. The van der Waals surface area contributed by atoms with Gasteiger partial charge in [0.05, 0.1) is 0 Å². The van der Waals surface area contributed by atoms with Crippen LogP contribution in [0.2, 0.25) is 0 Å². The van der Waals surface area contributed by atoms with E-state index in [1.54, 1.807) is 4.91 Å². The van der Waals surface area contributed by atoms with Crippen molar-refractivity contribution in [2.45, 2.75) is 53.2 Å². The second-order valence-corrected chi connectivity index (χ2v) is 5.86. The smallest absolute Gasteiger partial charge is 0.00345 e. The van der Waals surface area contributed by atoms with E-state index in [9.17, 15) is 0 Å². The molecule has 0 aliphatic carbocycles. The van der Waals surface area contributed by atoms with E-state index in [2.05, 4.69) is 41.5 Å². The summed E-state index contributed by atoms with van der Waals surface area (Å²) in [5, 5.41) is 0.716. The first-order valence-electron chi connectivity index (χ1n) is 4.76. The van der Waals surface area contributed by atoms with Gasteiger partial charge in [-0.25, -0.2) is 0 Å². The second kappa shape index (κ2) is 5.69. The van der Waals surface area contributed by atoms with Gasteiger partial charge in [-0.1, -0.05) is 33.3 Å². The van der Waals surface area contributed by atoms with Gasteiger partial charge in [0.15, 0.2) is 0 Å². The fourth-order valence-corrected chi connectivity index (χ4v) is 2.26. The predicted molar refractivity (Wildman–Crippen MR) is 60.6 cm³/mol. The highest BCUT2D eigenvalue weighted by molar-refractivity contribution is 8.03. The van der Waals surface area contributed by atoms with E-state index in [1.807, 2.05) is 11.8 Å². The maximum Gasteiger partial charge on any atom is 0.00345 e. The van der Waals surface area contributed by atoms with Gasteiger partial charge in [-0.05, 0) is 31.1 Å². The van der Waals surface area contributed by atoms with Crippen LogP contribution in [0.25, 0.3) is 0 Å². The van der Waals surface area contributed by atoms with Crippen molar-refractivity contribution in [1.29, 1.82) is 0 Å². The summed E-state index contributed by atoms with van der Waals surface area (Å²) in [7, 11) is 0. The Morgan fingerprint density at radius 3 is 1.83 bits per heavy atom. The average molecular weight is 186 g/mol. The molecule has 0 bridgehead atoms. The number of thioether (sulfide) groups is 1. The first-order valence-corrected chi connectivity index (χ1v) is 5.64. The molecule has 0 aromatic heterocycles. The molecule has 0 unspecified atom stereocenters. The SMILES string of the molecule is CC(C)=C(CC(C)C)SC(C)C. The quantitative estimate of drug-likeness (QED) is 0.624. The molecule has 12 heavy (non-hydrogen) atoms. The monoisotopic (exact) mass is 186 g/mol. The van der Waals surface area contributed by atoms with Crippen LogP contribution in [0.4, 0.5) is 0 Å². The average Bonchev–Trinajstić information content (AvgIpc) is 1.83. The Kier molecular flexibility index (Phi) is 5.73. The summed E-state index contributed by atoms with van der Waals surface area (Å²) >= 11 is 2.02. The number of hydrogen-bond acceptors (Lipinski definition) is 1. The van der Waals surface area contributed by atoms with Crippen molar-refractivity contribution in [2.24, 2.45) is 5.92 Å². The van der Waals surface area contributed by atoms with Crippen molar-refractivity contribution in [3.05, 3.63) is 10.5 Å². The zero-order valence-corrected chi connectivity index (χ0v) is 10.1. The highest BCUT2D eigenvalue weighted by atomic mass is 32.2. The Morgan fingerprint density at radius 2 is 1.58 bits per heavy atom. The van der Waals surface area contributed by atoms with E-state index in [1.165, 1.54) is 12.0 Å². The van der Waals surface area contributed by atoms with Gasteiger partial charge in [0.1, 0.15) is 0 Å². The molecule has 0 fully saturated rings. The van der Waals surface area contributed by atoms with Gasteiger partial charge in [-0.2, -0.15) is 0 Å². The van der Waals surface area contributed by atoms with Crippen LogP contribution in [-0.4, -0.2) is 5.25 Å². The lowest BCUT2D eigenvalue weighted by Gasteiger charge is -2.14. The number of rotatable bonds is 4. The van der Waals surface area contributed by atoms with E-state index in [0.717, 1.165) is 5.92 Å². The van der Waals surface area contributed by atoms with Crippen molar-refractivity contribution >= 4 is 11.8 Å². The molecule has 0 nitrogen and oxygen atoms in total. The van der Waals surface area contributed by atoms with Gasteiger partial charge in [0, 0.05) is 5.25 Å². The van der Waals surface area contributed by atoms with E-state index in [-0.39, 0.29) is 0 Å². The van der Waals surface area contributed by atoms with Crippen LogP contribution in [0, 0.1) is 5.92 Å². The molecule has 0 rings (SSSR count). The Balaban J connectivity index is 4.17. The summed E-state index contributed by atoms with van der Waals surface area (Å²) in [6.45, 7) is 13.5. The summed E-state index contributed by atoms with van der Waals surface area (Å²) in [5.74, 6) is 0.779. The third kappa shape index (κ3) is 5.70. The van der Waals surface area contributed by atoms with Crippen LogP contribution in [0.1, 0.15) is 48.0 Å². The van der Waals surface area contributed by atoms with Gasteiger partial charge in [0.25, 0.3) is 0 Å². The number of allylic oxidation sites excluding steroid dienone is 2. The first kappa shape index (κ1) is 12.1. The lowest BCUT2D eigenvalue weighted by Crippen LogP contribution is -1.95. The topological polar surface area (TPSA) is 0 Å². The molecule has 0 spiro atoms. The maximum absolute atomic E-state index is 2.28. The third-order valence-electron chi connectivity index (χ3n) is 1.53. The Hall–Kier alpha value is 0.0900. The van der Waals surface area contributed by atoms with Gasteiger partial charge >= 0.3 is 0 Å². The van der Waals surface area contributed by atoms with E-state index in [0.29, 0.717) is 5.25 Å².